The molecule has 104 valence electrons. The van der Waals surface area contributed by atoms with Crippen molar-refractivity contribution in [1.29, 1.82) is 0 Å². The Morgan fingerprint density at radius 3 is 2.58 bits per heavy atom. The number of hydrogen-bond acceptors (Lipinski definition) is 4. The molecule has 0 aliphatic carbocycles. The van der Waals surface area contributed by atoms with Gasteiger partial charge in [0.2, 0.25) is 11.3 Å². The molecule has 0 radical (unpaired) electrons. The van der Waals surface area contributed by atoms with Crippen LogP contribution in [0.1, 0.15) is 24.2 Å². The average molecular weight is 268 g/mol. The van der Waals surface area contributed by atoms with Crippen LogP contribution in [0, 0.1) is 6.92 Å². The van der Waals surface area contributed by atoms with Crippen molar-refractivity contribution in [3.05, 3.63) is 27.7 Å². The number of pyridine rings is 1. The number of aryl methyl sites for hydroxylation is 1. The fraction of sp³-hybridized carbons (Fsp3) is 0.417. The second-order valence-electron chi connectivity index (χ2n) is 4.17. The largest absolute Gasteiger partial charge is 0.503 e. The Balaban J connectivity index is 2.76. The number of carboxylic acids is 1. The van der Waals surface area contributed by atoms with Gasteiger partial charge in [-0.15, -0.1) is 0 Å². The van der Waals surface area contributed by atoms with Crippen LogP contribution in [0.4, 0.5) is 0 Å². The molecule has 0 atom stereocenters. The topological polar surface area (TPSA) is 109 Å². The molecule has 0 aliphatic heterocycles. The van der Waals surface area contributed by atoms with Crippen LogP contribution in [-0.4, -0.2) is 26.7 Å². The molecule has 1 amide bonds. The zero-order valence-corrected chi connectivity index (χ0v) is 10.8. The van der Waals surface area contributed by atoms with E-state index in [9.17, 15) is 19.5 Å². The van der Waals surface area contributed by atoms with Gasteiger partial charge >= 0.3 is 5.97 Å². The minimum Gasteiger partial charge on any atom is -0.503 e. The maximum atomic E-state index is 11.4. The summed E-state index contributed by atoms with van der Waals surface area (Å²) in [4.78, 5) is 33.1. The highest BCUT2D eigenvalue weighted by atomic mass is 16.4. The number of carbonyl (C=O) groups excluding carboxylic acids is 1. The third-order valence-corrected chi connectivity index (χ3v) is 2.80. The fourth-order valence-electron chi connectivity index (χ4n) is 1.56. The summed E-state index contributed by atoms with van der Waals surface area (Å²) >= 11 is 0. The normalized spacial score (nSPS) is 10.2. The quantitative estimate of drug-likeness (QED) is 0.690. The molecule has 7 nitrogen and oxygen atoms in total. The third-order valence-electron chi connectivity index (χ3n) is 2.80. The molecule has 1 aromatic rings. The van der Waals surface area contributed by atoms with E-state index in [0.717, 1.165) is 0 Å². The lowest BCUT2D eigenvalue weighted by Gasteiger charge is -2.14. The summed E-state index contributed by atoms with van der Waals surface area (Å²) in [5.74, 6) is -1.91. The van der Waals surface area contributed by atoms with Gasteiger partial charge in [-0.05, 0) is 6.92 Å². The summed E-state index contributed by atoms with van der Waals surface area (Å²) in [6.45, 7) is 1.67. The highest BCUT2D eigenvalue weighted by Gasteiger charge is 2.12. The van der Waals surface area contributed by atoms with E-state index in [2.05, 4.69) is 5.32 Å². The second-order valence-corrected chi connectivity index (χ2v) is 4.17. The van der Waals surface area contributed by atoms with Crippen molar-refractivity contribution in [3.63, 3.8) is 0 Å². The van der Waals surface area contributed by atoms with Crippen LogP contribution < -0.4 is 10.7 Å². The molecule has 0 spiro atoms. The SMILES string of the molecule is Cc1cc(=O)c(O)c(CNC(=O)CCC(=O)O)n1C. The predicted molar refractivity (Wildman–Crippen MR) is 66.8 cm³/mol. The molecule has 0 saturated carbocycles. The van der Waals surface area contributed by atoms with Crippen LogP contribution in [0.5, 0.6) is 5.75 Å². The van der Waals surface area contributed by atoms with E-state index < -0.39 is 23.1 Å². The Labute approximate surface area is 109 Å². The molecule has 0 aliphatic rings. The second kappa shape index (κ2) is 6.03. The van der Waals surface area contributed by atoms with E-state index in [-0.39, 0.29) is 25.1 Å². The molecule has 1 heterocycles. The number of aromatic hydroxyl groups is 1. The molecule has 1 rings (SSSR count). The van der Waals surface area contributed by atoms with Gasteiger partial charge in [-0.3, -0.25) is 14.4 Å². The van der Waals surface area contributed by atoms with Crippen LogP contribution in [0.2, 0.25) is 0 Å². The lowest BCUT2D eigenvalue weighted by Crippen LogP contribution is -2.26. The molecule has 0 saturated heterocycles. The van der Waals surface area contributed by atoms with Crippen molar-refractivity contribution in [2.75, 3.05) is 0 Å². The average Bonchev–Trinajstić information content (AvgIpc) is 2.34. The van der Waals surface area contributed by atoms with Gasteiger partial charge in [0.05, 0.1) is 18.7 Å². The summed E-state index contributed by atoms with van der Waals surface area (Å²) in [7, 11) is 1.66. The van der Waals surface area contributed by atoms with Gasteiger partial charge in [0.1, 0.15) is 0 Å². The van der Waals surface area contributed by atoms with Gasteiger partial charge in [0.25, 0.3) is 0 Å². The van der Waals surface area contributed by atoms with Crippen molar-refractivity contribution < 1.29 is 19.8 Å². The highest BCUT2D eigenvalue weighted by Crippen LogP contribution is 2.12. The Morgan fingerprint density at radius 2 is 2.00 bits per heavy atom. The lowest BCUT2D eigenvalue weighted by atomic mass is 10.2. The van der Waals surface area contributed by atoms with E-state index in [1.165, 1.54) is 6.07 Å². The van der Waals surface area contributed by atoms with Crippen molar-refractivity contribution in [1.82, 2.24) is 9.88 Å². The van der Waals surface area contributed by atoms with Gasteiger partial charge in [-0.1, -0.05) is 0 Å². The number of hydrogen-bond donors (Lipinski definition) is 3. The number of nitrogens with one attached hydrogen (secondary N) is 1. The molecule has 3 N–H and O–H groups in total. The molecule has 0 unspecified atom stereocenters. The number of amides is 1. The molecular weight excluding hydrogens is 252 g/mol. The van der Waals surface area contributed by atoms with E-state index in [0.29, 0.717) is 5.69 Å². The number of carbonyl (C=O) groups is 2. The van der Waals surface area contributed by atoms with Crippen molar-refractivity contribution in [2.45, 2.75) is 26.3 Å². The van der Waals surface area contributed by atoms with Crippen molar-refractivity contribution >= 4 is 11.9 Å². The number of aromatic nitrogens is 1. The first-order valence-corrected chi connectivity index (χ1v) is 5.70. The molecule has 0 fully saturated rings. The first-order chi connectivity index (χ1) is 8.82. The van der Waals surface area contributed by atoms with E-state index >= 15 is 0 Å². The number of carboxylic acid groups (broad SMARTS) is 1. The molecule has 0 aromatic carbocycles. The van der Waals surface area contributed by atoms with Crippen LogP contribution in [-0.2, 0) is 23.2 Å². The predicted octanol–water partition coefficient (Wildman–Crippen LogP) is -0.120. The van der Waals surface area contributed by atoms with Crippen molar-refractivity contribution in [2.24, 2.45) is 7.05 Å². The number of aliphatic carboxylic acids is 1. The van der Waals surface area contributed by atoms with Gasteiger partial charge in [0.15, 0.2) is 5.75 Å². The summed E-state index contributed by atoms with van der Waals surface area (Å²) in [5, 5.41) is 20.6. The van der Waals surface area contributed by atoms with E-state index in [1.54, 1.807) is 18.5 Å². The van der Waals surface area contributed by atoms with Crippen molar-refractivity contribution in [3.8, 4) is 5.75 Å². The molecule has 7 heteroatoms. The maximum Gasteiger partial charge on any atom is 0.303 e. The maximum absolute atomic E-state index is 11.4. The monoisotopic (exact) mass is 268 g/mol. The number of nitrogens with zero attached hydrogens (tertiary/aromatic N) is 1. The molecule has 19 heavy (non-hydrogen) atoms. The Hall–Kier alpha value is -2.31. The summed E-state index contributed by atoms with van der Waals surface area (Å²) in [6.07, 6.45) is -0.402. The minimum atomic E-state index is -1.05. The summed E-state index contributed by atoms with van der Waals surface area (Å²) in [5.41, 5.74) is 0.427. The zero-order chi connectivity index (χ0) is 14.6. The molecular formula is C12H16N2O5. The van der Waals surface area contributed by atoms with Crippen LogP contribution in [0.3, 0.4) is 0 Å². The Morgan fingerprint density at radius 1 is 1.37 bits per heavy atom. The van der Waals surface area contributed by atoms with Crippen LogP contribution >= 0.6 is 0 Å². The standard InChI is InChI=1S/C12H16N2O5/c1-7-5-9(15)12(19)8(14(7)2)6-13-10(16)3-4-11(17)18/h5,19H,3-4,6H2,1-2H3,(H,13,16)(H,17,18). The smallest absolute Gasteiger partial charge is 0.303 e. The Bertz CT molecular complexity index is 562. The first-order valence-electron chi connectivity index (χ1n) is 5.70. The highest BCUT2D eigenvalue weighted by molar-refractivity contribution is 5.80. The van der Waals surface area contributed by atoms with Gasteiger partial charge in [-0.25, -0.2) is 0 Å². The number of rotatable bonds is 5. The third kappa shape index (κ3) is 3.84. The summed E-state index contributed by atoms with van der Waals surface area (Å²) in [6, 6.07) is 1.30. The van der Waals surface area contributed by atoms with E-state index in [1.807, 2.05) is 0 Å². The minimum absolute atomic E-state index is 0.0301. The first kappa shape index (κ1) is 14.7. The summed E-state index contributed by atoms with van der Waals surface area (Å²) < 4.78 is 1.59. The van der Waals surface area contributed by atoms with Crippen LogP contribution in [0.15, 0.2) is 10.9 Å². The van der Waals surface area contributed by atoms with E-state index in [4.69, 9.17) is 5.11 Å². The fourth-order valence-corrected chi connectivity index (χ4v) is 1.56. The van der Waals surface area contributed by atoms with Gasteiger partial charge in [-0.2, -0.15) is 0 Å². The molecule has 0 bridgehead atoms. The van der Waals surface area contributed by atoms with Gasteiger partial charge in [0, 0.05) is 25.2 Å². The zero-order valence-electron chi connectivity index (χ0n) is 10.8. The Kier molecular flexibility index (Phi) is 4.68. The van der Waals surface area contributed by atoms with Gasteiger partial charge < -0.3 is 20.1 Å². The lowest BCUT2D eigenvalue weighted by molar-refractivity contribution is -0.138. The molecule has 1 aromatic heterocycles. The van der Waals surface area contributed by atoms with Crippen LogP contribution in [0.25, 0.3) is 0 Å².